The first-order valence-electron chi connectivity index (χ1n) is 29.8. The Hall–Kier alpha value is -7.68. The lowest BCUT2D eigenvalue weighted by Crippen LogP contribution is -2.25. The predicted octanol–water partition coefficient (Wildman–Crippen LogP) is 14.1. The van der Waals surface area contributed by atoms with Crippen molar-refractivity contribution in [3.63, 3.8) is 0 Å². The molecule has 102 heavy (non-hydrogen) atoms. The van der Waals surface area contributed by atoms with Gasteiger partial charge >= 0.3 is 11.9 Å². The molecular formula is C63H61Cl5F4N10O14S6. The standard InChI is InChI=1S/C21H21Cl2FN4O4S2.C21H20Cl2FN3O5S2.C21H20ClF2N3O5S2/c22-14-3-4-17(13(8-14)2-1-6-26-7-5-20(25)29)32-18-10-16(24)19(9-15(18)23)34(30,31)28-21-11-33-12-27-21;1-31-21(28)10-25-6-2-3-13-7-14(22)4-5-17(13)32-18-9-16(24)19(8-15(18)23)34(29,30)27-20-11-33-12-26-20;22-15-9-19(34(30,31)27-20-11-33-12-26-20)16(24)10-18(15)32-17-4-3-14(23)8-13(17)2-1-6-25-7-5-21(28)29/h3-4,8-12,26,28H,1-2,5-7H2,(H2,25,29);4-5,7-9,11-12,25,27H,2-3,6,10H2,1H3;3-4,8-12,25,27H,1-2,5-7H2,(H,28,29). The molecule has 3 aromatic heterocycles. The zero-order chi connectivity index (χ0) is 74.2. The second-order valence-corrected chi connectivity index (χ2v) is 30.3. The Morgan fingerprint density at radius 2 is 0.833 bits per heavy atom. The van der Waals surface area contributed by atoms with Crippen molar-refractivity contribution in [2.24, 2.45) is 5.73 Å². The van der Waals surface area contributed by atoms with E-state index in [1.807, 2.05) is 0 Å². The lowest BCUT2D eigenvalue weighted by molar-refractivity contribution is -0.139. The fraction of sp³-hybridized carbons (Fsp3) is 0.238. The van der Waals surface area contributed by atoms with Gasteiger partial charge in [-0.3, -0.25) is 28.5 Å². The van der Waals surface area contributed by atoms with Crippen LogP contribution in [0.2, 0.25) is 25.1 Å². The first-order chi connectivity index (χ1) is 48.5. The number of amides is 1. The van der Waals surface area contributed by atoms with Gasteiger partial charge in [0.25, 0.3) is 30.1 Å². The second kappa shape index (κ2) is 39.3. The van der Waals surface area contributed by atoms with Gasteiger partial charge in [0, 0.05) is 63.9 Å². The molecule has 0 atom stereocenters. The molecule has 0 aliphatic rings. The van der Waals surface area contributed by atoms with Crippen molar-refractivity contribution in [2.75, 3.05) is 60.5 Å². The van der Waals surface area contributed by atoms with Crippen LogP contribution in [-0.2, 0) is 68.5 Å². The van der Waals surface area contributed by atoms with Gasteiger partial charge in [0.2, 0.25) is 5.91 Å². The Kier molecular flexibility index (Phi) is 31.4. The first-order valence-corrected chi connectivity index (χ1v) is 39.0. The number of thiazole rings is 3. The minimum Gasteiger partial charge on any atom is -0.481 e. The van der Waals surface area contributed by atoms with E-state index in [0.717, 1.165) is 47.5 Å². The van der Waals surface area contributed by atoms with Crippen LogP contribution in [0, 0.1) is 23.3 Å². The number of benzene rings is 6. The summed E-state index contributed by atoms with van der Waals surface area (Å²) in [7, 11) is -11.4. The molecule has 0 aliphatic carbocycles. The summed E-state index contributed by atoms with van der Waals surface area (Å²) in [6, 6.07) is 19.3. The summed E-state index contributed by atoms with van der Waals surface area (Å²) in [6.45, 7) is 2.55. The van der Waals surface area contributed by atoms with Crippen LogP contribution in [0.1, 0.15) is 48.8 Å². The molecule has 0 fully saturated rings. The molecule has 39 heteroatoms. The van der Waals surface area contributed by atoms with E-state index in [0.29, 0.717) is 98.4 Å². The highest BCUT2D eigenvalue weighted by atomic mass is 35.5. The third kappa shape index (κ3) is 25.6. The van der Waals surface area contributed by atoms with Crippen LogP contribution in [0.5, 0.6) is 34.5 Å². The molecule has 0 saturated carbocycles. The third-order valence-electron chi connectivity index (χ3n) is 13.5. The second-order valence-electron chi connectivity index (χ2n) is 21.1. The quantitative estimate of drug-likeness (QED) is 0.0104. The fourth-order valence-electron chi connectivity index (χ4n) is 8.77. The number of rotatable bonds is 35. The Bertz CT molecular complexity index is 4510. The van der Waals surface area contributed by atoms with E-state index in [2.05, 4.69) is 49.8 Å². The Labute approximate surface area is 620 Å². The Balaban J connectivity index is 0.000000214. The zero-order valence-electron chi connectivity index (χ0n) is 53.0. The van der Waals surface area contributed by atoms with Gasteiger partial charge in [-0.15, -0.1) is 34.0 Å². The molecule has 0 radical (unpaired) electrons. The monoisotopic (exact) mass is 1620 g/mol. The van der Waals surface area contributed by atoms with E-state index in [-0.39, 0.29) is 86.8 Å². The van der Waals surface area contributed by atoms with Gasteiger partial charge in [-0.1, -0.05) is 58.0 Å². The number of hydrogen-bond acceptors (Lipinski definition) is 22. The summed E-state index contributed by atoms with van der Waals surface area (Å²) >= 11 is 34.4. The predicted molar refractivity (Wildman–Crippen MR) is 384 cm³/mol. The van der Waals surface area contributed by atoms with E-state index in [4.69, 9.17) is 83.1 Å². The van der Waals surface area contributed by atoms with Crippen molar-refractivity contribution >= 4 is 157 Å². The SMILES string of the molecule is COC(=O)CNCCCc1cc(Cl)ccc1Oc1cc(F)c(S(=O)(=O)Nc2cscn2)cc1Cl.NC(=O)CCNCCCc1cc(Cl)ccc1Oc1cc(F)c(S(=O)(=O)Nc2cscn2)cc1Cl.O=C(O)CCNCCCc1cc(F)ccc1Oc1cc(F)c(S(=O)(=O)Nc2cscn2)cc1Cl. The first kappa shape index (κ1) is 81.6. The molecule has 9 aromatic rings. The van der Waals surface area contributed by atoms with Crippen molar-refractivity contribution in [3.8, 4) is 34.5 Å². The van der Waals surface area contributed by atoms with Crippen LogP contribution in [0.3, 0.4) is 0 Å². The van der Waals surface area contributed by atoms with Crippen molar-refractivity contribution in [2.45, 2.75) is 66.1 Å². The van der Waals surface area contributed by atoms with E-state index in [1.165, 1.54) is 92.0 Å². The third-order valence-corrected chi connectivity index (χ3v) is 20.8. The number of aliphatic carboxylic acids is 1. The van der Waals surface area contributed by atoms with E-state index in [1.54, 1.807) is 36.4 Å². The summed E-state index contributed by atoms with van der Waals surface area (Å²) in [5.41, 5.74) is 11.4. The molecule has 24 nitrogen and oxygen atoms in total. The number of halogens is 9. The van der Waals surface area contributed by atoms with Crippen molar-refractivity contribution in [1.29, 1.82) is 0 Å². The number of ether oxygens (including phenoxy) is 4. The topological polar surface area (TPSA) is 348 Å². The number of hydrogen-bond donors (Lipinski definition) is 8. The summed E-state index contributed by atoms with van der Waals surface area (Å²) in [5.74, 6) is -4.32. The minimum absolute atomic E-state index is 0.0105. The number of nitrogens with two attached hydrogens (primary N) is 1. The number of carboxylic acids is 1. The zero-order valence-corrected chi connectivity index (χ0v) is 61.7. The largest absolute Gasteiger partial charge is 0.481 e. The highest BCUT2D eigenvalue weighted by Gasteiger charge is 2.27. The lowest BCUT2D eigenvalue weighted by atomic mass is 10.1. The molecule has 0 unspecified atom stereocenters. The summed E-state index contributed by atoms with van der Waals surface area (Å²) in [5, 5.41) is 22.7. The molecule has 9 rings (SSSR count). The number of sulfonamides is 3. The molecule has 0 aliphatic heterocycles. The average molecular weight is 1630 g/mol. The van der Waals surface area contributed by atoms with E-state index in [9.17, 15) is 57.2 Å². The van der Waals surface area contributed by atoms with Crippen LogP contribution in [0.4, 0.5) is 35.0 Å². The molecule has 9 N–H and O–H groups in total. The van der Waals surface area contributed by atoms with Crippen LogP contribution in [0.25, 0.3) is 0 Å². The van der Waals surface area contributed by atoms with Crippen LogP contribution < -0.4 is 50.1 Å². The van der Waals surface area contributed by atoms with Gasteiger partial charge < -0.3 is 45.7 Å². The number of esters is 1. The number of primary amides is 1. The number of nitrogens with one attached hydrogen (secondary N) is 6. The van der Waals surface area contributed by atoms with Gasteiger partial charge in [-0.2, -0.15) is 0 Å². The number of aromatic nitrogens is 3. The Morgan fingerprint density at radius 1 is 0.480 bits per heavy atom. The normalized spacial score (nSPS) is 11.4. The maximum atomic E-state index is 14.8. The number of aryl methyl sites for hydroxylation is 3. The molecule has 0 spiro atoms. The van der Waals surface area contributed by atoms with Crippen molar-refractivity contribution in [3.05, 3.63) is 189 Å². The van der Waals surface area contributed by atoms with Crippen LogP contribution in [-0.4, -0.2) is 110 Å². The number of methoxy groups -OCH3 is 1. The highest BCUT2D eigenvalue weighted by molar-refractivity contribution is 7.93. The highest BCUT2D eigenvalue weighted by Crippen LogP contribution is 2.40. The molecule has 1 amide bonds. The van der Waals surface area contributed by atoms with Gasteiger partial charge in [-0.25, -0.2) is 57.8 Å². The summed E-state index contributed by atoms with van der Waals surface area (Å²) in [4.78, 5) is 42.0. The van der Waals surface area contributed by atoms with Crippen LogP contribution >= 0.6 is 92.0 Å². The minimum atomic E-state index is -4.28. The van der Waals surface area contributed by atoms with Crippen molar-refractivity contribution < 1.29 is 81.3 Å². The maximum Gasteiger partial charge on any atom is 0.319 e. The lowest BCUT2D eigenvalue weighted by Gasteiger charge is -2.14. The number of carbonyl (C=O) groups excluding carboxylic acids is 2. The van der Waals surface area contributed by atoms with Crippen molar-refractivity contribution in [1.82, 2.24) is 30.9 Å². The fourth-order valence-corrected chi connectivity index (χ4v) is 14.9. The number of carbonyl (C=O) groups is 3. The smallest absolute Gasteiger partial charge is 0.319 e. The molecule has 6 aromatic carbocycles. The van der Waals surface area contributed by atoms with Gasteiger partial charge in [0.1, 0.15) is 72.5 Å². The number of anilines is 3. The van der Waals surface area contributed by atoms with Gasteiger partial charge in [-0.05, 0) is 148 Å². The van der Waals surface area contributed by atoms with E-state index < -0.39 is 74.0 Å². The molecule has 0 bridgehead atoms. The molecule has 0 saturated heterocycles. The van der Waals surface area contributed by atoms with Gasteiger partial charge in [0.15, 0.2) is 17.5 Å². The maximum absolute atomic E-state index is 14.8. The van der Waals surface area contributed by atoms with Gasteiger partial charge in [0.05, 0.1) is 51.7 Å². The number of carboxylic acid groups (broad SMARTS) is 1. The summed E-state index contributed by atoms with van der Waals surface area (Å²) in [6.07, 6.45) is 3.65. The molecule has 3 heterocycles. The average Bonchev–Trinajstić information content (AvgIpc) is 0.904. The summed E-state index contributed by atoms with van der Waals surface area (Å²) < 4.78 is 162. The van der Waals surface area contributed by atoms with Crippen LogP contribution in [0.15, 0.2) is 138 Å². The number of nitrogens with zero attached hydrogens (tertiary/aromatic N) is 3. The van der Waals surface area contributed by atoms with E-state index >= 15 is 0 Å². The molecular weight excluding hydrogens is 1570 g/mol. The Morgan fingerprint density at radius 3 is 1.18 bits per heavy atom. The molecule has 546 valence electrons.